The van der Waals surface area contributed by atoms with Crippen LogP contribution >= 0.6 is 0 Å². The molecule has 2 atom stereocenters. The van der Waals surface area contributed by atoms with E-state index >= 15 is 0 Å². The summed E-state index contributed by atoms with van der Waals surface area (Å²) in [4.78, 5) is 29.5. The van der Waals surface area contributed by atoms with Crippen LogP contribution < -0.4 is 10.9 Å². The fourth-order valence-electron chi connectivity index (χ4n) is 3.58. The molecule has 0 fully saturated rings. The van der Waals surface area contributed by atoms with Crippen molar-refractivity contribution in [3.8, 4) is 0 Å². The lowest BCUT2D eigenvalue weighted by Gasteiger charge is -2.21. The molecule has 7 nitrogen and oxygen atoms in total. The van der Waals surface area contributed by atoms with Gasteiger partial charge in [0.15, 0.2) is 0 Å². The molecule has 2 aromatic rings. The first-order chi connectivity index (χ1) is 15.9. The Hall–Kier alpha value is -2.77. The van der Waals surface area contributed by atoms with E-state index in [1.54, 1.807) is 18.5 Å². The van der Waals surface area contributed by atoms with Gasteiger partial charge in [-0.05, 0) is 55.9 Å². The standard InChI is InChI=1S/C27H39N3O4/c1-16(2)15-34-27(33)25(20(7)31)28-13-21-10-9-18(5)23(12-21)29-24(17(3)4)22-11-19(6)26(32)30(8)14-22/h9-12,14,16-17,20,25,28,31H,13,15H2,1-8H3/t20?,25-/m0/s1. The maximum Gasteiger partial charge on any atom is 0.325 e. The van der Waals surface area contributed by atoms with Crippen molar-refractivity contribution in [1.82, 2.24) is 9.88 Å². The van der Waals surface area contributed by atoms with Crippen LogP contribution in [-0.2, 0) is 23.1 Å². The van der Waals surface area contributed by atoms with E-state index in [-0.39, 0.29) is 17.4 Å². The summed E-state index contributed by atoms with van der Waals surface area (Å²) in [5.74, 6) is -0.0864. The highest BCUT2D eigenvalue weighted by Crippen LogP contribution is 2.24. The zero-order chi connectivity index (χ0) is 25.6. The maximum atomic E-state index is 12.4. The summed E-state index contributed by atoms with van der Waals surface area (Å²) in [5.41, 5.74) is 5.25. The van der Waals surface area contributed by atoms with Crippen LogP contribution in [0.2, 0.25) is 0 Å². The molecule has 186 valence electrons. The van der Waals surface area contributed by atoms with E-state index in [2.05, 4.69) is 19.2 Å². The number of pyridine rings is 1. The number of hydrogen-bond acceptors (Lipinski definition) is 6. The van der Waals surface area contributed by atoms with Crippen LogP contribution in [0, 0.1) is 25.7 Å². The summed E-state index contributed by atoms with van der Waals surface area (Å²) in [7, 11) is 1.75. The van der Waals surface area contributed by atoms with Crippen molar-refractivity contribution in [1.29, 1.82) is 0 Å². The number of ether oxygens (including phenoxy) is 1. The first-order valence-electron chi connectivity index (χ1n) is 11.8. The second-order valence-corrected chi connectivity index (χ2v) is 9.72. The number of aromatic nitrogens is 1. The fraction of sp³-hybridized carbons (Fsp3) is 0.519. The Bertz CT molecular complexity index is 1060. The number of aliphatic hydroxyl groups excluding tert-OH is 1. The van der Waals surface area contributed by atoms with Gasteiger partial charge in [-0.1, -0.05) is 39.8 Å². The van der Waals surface area contributed by atoms with Gasteiger partial charge in [0.1, 0.15) is 6.04 Å². The average Bonchev–Trinajstić information content (AvgIpc) is 2.75. The normalized spacial score (nSPS) is 13.9. The van der Waals surface area contributed by atoms with Crippen molar-refractivity contribution >= 4 is 17.4 Å². The second-order valence-electron chi connectivity index (χ2n) is 9.72. The number of benzene rings is 1. The minimum atomic E-state index is -0.886. The van der Waals surface area contributed by atoms with Crippen LogP contribution in [0.25, 0.3) is 0 Å². The molecule has 1 heterocycles. The number of esters is 1. The number of hydrogen-bond donors (Lipinski definition) is 2. The predicted octanol–water partition coefficient (Wildman–Crippen LogP) is 3.82. The van der Waals surface area contributed by atoms with Crippen molar-refractivity contribution in [2.45, 2.75) is 67.2 Å². The lowest BCUT2D eigenvalue weighted by Crippen LogP contribution is -2.45. The summed E-state index contributed by atoms with van der Waals surface area (Å²) < 4.78 is 6.89. The van der Waals surface area contributed by atoms with Gasteiger partial charge in [0.05, 0.1) is 24.1 Å². The molecule has 1 aromatic carbocycles. The summed E-state index contributed by atoms with van der Waals surface area (Å²) in [6, 6.07) is 7.03. The third-order valence-corrected chi connectivity index (χ3v) is 5.54. The fourth-order valence-corrected chi connectivity index (χ4v) is 3.58. The molecular formula is C27H39N3O4. The third kappa shape index (κ3) is 7.37. The SMILES string of the molecule is Cc1ccc(CN[C@H](C(=O)OCC(C)C)C(C)O)cc1N=C(c1cc(C)c(=O)n(C)c1)C(C)C. The first-order valence-corrected chi connectivity index (χ1v) is 11.8. The number of aliphatic imine (C=N–C) groups is 1. The Labute approximate surface area is 202 Å². The summed E-state index contributed by atoms with van der Waals surface area (Å²) >= 11 is 0. The minimum absolute atomic E-state index is 0.0179. The Kier molecular flexibility index (Phi) is 9.77. The highest BCUT2D eigenvalue weighted by molar-refractivity contribution is 6.03. The smallest absolute Gasteiger partial charge is 0.325 e. The predicted molar refractivity (Wildman–Crippen MR) is 137 cm³/mol. The number of carbonyl (C=O) groups excluding carboxylic acids is 1. The molecule has 0 aliphatic carbocycles. The van der Waals surface area contributed by atoms with E-state index in [4.69, 9.17) is 9.73 Å². The molecule has 0 aliphatic rings. The van der Waals surface area contributed by atoms with Crippen LogP contribution in [0.5, 0.6) is 0 Å². The maximum absolute atomic E-state index is 12.4. The molecule has 0 bridgehead atoms. The van der Waals surface area contributed by atoms with Crippen molar-refractivity contribution in [2.24, 2.45) is 23.9 Å². The Morgan fingerprint density at radius 3 is 2.35 bits per heavy atom. The van der Waals surface area contributed by atoms with E-state index < -0.39 is 18.1 Å². The number of nitrogens with zero attached hydrogens (tertiary/aromatic N) is 2. The number of rotatable bonds is 10. The Balaban J connectivity index is 2.31. The van der Waals surface area contributed by atoms with Crippen LogP contribution in [0.1, 0.15) is 56.9 Å². The highest BCUT2D eigenvalue weighted by atomic mass is 16.5. The van der Waals surface area contributed by atoms with Gasteiger partial charge >= 0.3 is 5.97 Å². The molecule has 0 radical (unpaired) electrons. The molecule has 1 aromatic heterocycles. The van der Waals surface area contributed by atoms with E-state index in [1.165, 1.54) is 0 Å². The van der Waals surface area contributed by atoms with Crippen molar-refractivity contribution < 1.29 is 14.6 Å². The summed E-state index contributed by atoms with van der Waals surface area (Å²) in [6.07, 6.45) is 0.938. The van der Waals surface area contributed by atoms with Gasteiger partial charge in [-0.2, -0.15) is 0 Å². The van der Waals surface area contributed by atoms with E-state index in [1.807, 2.05) is 58.2 Å². The molecule has 34 heavy (non-hydrogen) atoms. The van der Waals surface area contributed by atoms with E-state index in [0.29, 0.717) is 18.7 Å². The molecule has 0 saturated heterocycles. The Morgan fingerprint density at radius 2 is 1.79 bits per heavy atom. The van der Waals surface area contributed by atoms with Crippen molar-refractivity contribution in [3.63, 3.8) is 0 Å². The molecule has 0 saturated carbocycles. The minimum Gasteiger partial charge on any atom is -0.464 e. The largest absolute Gasteiger partial charge is 0.464 e. The highest BCUT2D eigenvalue weighted by Gasteiger charge is 2.25. The summed E-state index contributed by atoms with van der Waals surface area (Å²) in [6.45, 7) is 14.2. The lowest BCUT2D eigenvalue weighted by molar-refractivity contribution is -0.150. The molecule has 1 unspecified atom stereocenters. The topological polar surface area (TPSA) is 92.9 Å². The summed E-state index contributed by atoms with van der Waals surface area (Å²) in [5, 5.41) is 13.2. The van der Waals surface area contributed by atoms with Gasteiger partial charge < -0.3 is 14.4 Å². The molecule has 0 spiro atoms. The van der Waals surface area contributed by atoms with Gasteiger partial charge in [0, 0.05) is 30.9 Å². The number of aryl methyl sites for hydroxylation is 3. The third-order valence-electron chi connectivity index (χ3n) is 5.54. The number of nitrogens with one attached hydrogen (secondary N) is 1. The molecule has 0 aliphatic heterocycles. The van der Waals surface area contributed by atoms with Gasteiger partial charge in [0.25, 0.3) is 5.56 Å². The lowest BCUT2D eigenvalue weighted by atomic mass is 9.99. The average molecular weight is 470 g/mol. The second kappa shape index (κ2) is 12.1. The zero-order valence-electron chi connectivity index (χ0n) is 21.7. The molecular weight excluding hydrogens is 430 g/mol. The quantitative estimate of drug-likeness (QED) is 0.408. The zero-order valence-corrected chi connectivity index (χ0v) is 21.7. The van der Waals surface area contributed by atoms with Crippen molar-refractivity contribution in [2.75, 3.05) is 6.61 Å². The molecule has 2 N–H and O–H groups in total. The van der Waals surface area contributed by atoms with Gasteiger partial charge in [0.2, 0.25) is 0 Å². The van der Waals surface area contributed by atoms with E-state index in [0.717, 1.165) is 28.1 Å². The van der Waals surface area contributed by atoms with Gasteiger partial charge in [-0.3, -0.25) is 19.9 Å². The molecule has 7 heteroatoms. The van der Waals surface area contributed by atoms with E-state index in [9.17, 15) is 14.7 Å². The number of carbonyl (C=O) groups is 1. The van der Waals surface area contributed by atoms with Crippen molar-refractivity contribution in [3.05, 3.63) is 63.1 Å². The van der Waals surface area contributed by atoms with Crippen LogP contribution in [-0.4, -0.2) is 40.1 Å². The van der Waals surface area contributed by atoms with Crippen LogP contribution in [0.3, 0.4) is 0 Å². The monoisotopic (exact) mass is 469 g/mol. The molecule has 2 rings (SSSR count). The van der Waals surface area contributed by atoms with Gasteiger partial charge in [-0.15, -0.1) is 0 Å². The Morgan fingerprint density at radius 1 is 1.12 bits per heavy atom. The number of aliphatic hydroxyl groups is 1. The van der Waals surface area contributed by atoms with Gasteiger partial charge in [-0.25, -0.2) is 0 Å². The van der Waals surface area contributed by atoms with Crippen LogP contribution in [0.15, 0.2) is 40.2 Å². The first kappa shape index (κ1) is 27.5. The molecule has 0 amide bonds. The van der Waals surface area contributed by atoms with Crippen LogP contribution in [0.4, 0.5) is 5.69 Å².